The fourth-order valence-corrected chi connectivity index (χ4v) is 3.90. The van der Waals surface area contributed by atoms with E-state index in [4.69, 9.17) is 0 Å². The van der Waals surface area contributed by atoms with Crippen LogP contribution >= 0.6 is 0 Å². The number of hydrogen-bond donors (Lipinski definition) is 0. The van der Waals surface area contributed by atoms with Crippen molar-refractivity contribution in [1.82, 2.24) is 0 Å². The van der Waals surface area contributed by atoms with Crippen molar-refractivity contribution < 1.29 is 19.8 Å². The molecule has 3 rings (SSSR count). The van der Waals surface area contributed by atoms with Crippen LogP contribution < -0.4 is 10.2 Å². The third kappa shape index (κ3) is 3.18. The Balaban J connectivity index is 2.58. The maximum absolute atomic E-state index is 12.1. The van der Waals surface area contributed by atoms with Gasteiger partial charge in [-0.1, -0.05) is 48.5 Å². The number of aryl methyl sites for hydroxylation is 4. The van der Waals surface area contributed by atoms with Gasteiger partial charge in [0.2, 0.25) is 0 Å². The van der Waals surface area contributed by atoms with E-state index in [1.807, 2.05) is 64.1 Å². The number of rotatable bonds is 4. The predicted octanol–water partition coefficient (Wildman–Crippen LogP) is 2.98. The standard InChI is InChI=1S/C24H22O4/c1-13-7-5-8-14(2)19(13)17-11-12-18(23(25)26)22(24(27)28)21(17)20-15(3)9-6-10-16(20)4/h5-12H,1-4H3,(H,25,26)(H,27,28)/p-2. The van der Waals surface area contributed by atoms with Crippen molar-refractivity contribution in [3.63, 3.8) is 0 Å². The summed E-state index contributed by atoms with van der Waals surface area (Å²) in [4.78, 5) is 23.8. The Morgan fingerprint density at radius 3 is 1.50 bits per heavy atom. The molecule has 0 fully saturated rings. The van der Waals surface area contributed by atoms with Crippen LogP contribution in [0.5, 0.6) is 0 Å². The first-order valence-electron chi connectivity index (χ1n) is 8.97. The van der Waals surface area contributed by atoms with Crippen LogP contribution in [-0.4, -0.2) is 11.9 Å². The van der Waals surface area contributed by atoms with Gasteiger partial charge in [0, 0.05) is 11.1 Å². The van der Waals surface area contributed by atoms with E-state index in [2.05, 4.69) is 0 Å². The SMILES string of the molecule is Cc1cccc(C)c1-c1ccc(C(=O)[O-])c(C(=O)[O-])c1-c1c(C)cccc1C. The molecule has 0 amide bonds. The molecule has 0 aliphatic heterocycles. The lowest BCUT2D eigenvalue weighted by Crippen LogP contribution is -2.31. The van der Waals surface area contributed by atoms with Crippen LogP contribution in [0.1, 0.15) is 43.0 Å². The minimum Gasteiger partial charge on any atom is -0.545 e. The van der Waals surface area contributed by atoms with Crippen LogP contribution in [0.4, 0.5) is 0 Å². The van der Waals surface area contributed by atoms with E-state index in [9.17, 15) is 19.8 Å². The smallest absolute Gasteiger partial charge is 0.0728 e. The average molecular weight is 372 g/mol. The van der Waals surface area contributed by atoms with Crippen molar-refractivity contribution in [3.05, 3.63) is 81.9 Å². The number of hydrogen-bond acceptors (Lipinski definition) is 4. The second-order valence-electron chi connectivity index (χ2n) is 7.02. The third-order valence-electron chi connectivity index (χ3n) is 5.11. The molecule has 0 radical (unpaired) electrons. The van der Waals surface area contributed by atoms with E-state index in [-0.39, 0.29) is 11.1 Å². The molecule has 28 heavy (non-hydrogen) atoms. The number of carbonyl (C=O) groups is 2. The Kier molecular flexibility index (Phi) is 5.06. The Labute approximate surface area is 164 Å². The summed E-state index contributed by atoms with van der Waals surface area (Å²) in [6, 6.07) is 14.4. The van der Waals surface area contributed by atoms with Crippen LogP contribution in [0.15, 0.2) is 48.5 Å². The molecular formula is C24H20O4-2. The van der Waals surface area contributed by atoms with Crippen molar-refractivity contribution in [2.24, 2.45) is 0 Å². The van der Waals surface area contributed by atoms with Gasteiger partial charge < -0.3 is 19.8 Å². The lowest BCUT2D eigenvalue weighted by molar-refractivity contribution is -0.259. The van der Waals surface area contributed by atoms with Crippen LogP contribution in [0, 0.1) is 27.7 Å². The van der Waals surface area contributed by atoms with Crippen molar-refractivity contribution in [2.45, 2.75) is 27.7 Å². The van der Waals surface area contributed by atoms with Crippen LogP contribution in [-0.2, 0) is 0 Å². The molecule has 0 atom stereocenters. The highest BCUT2D eigenvalue weighted by molar-refractivity contribution is 6.09. The van der Waals surface area contributed by atoms with Crippen LogP contribution in [0.25, 0.3) is 22.3 Å². The predicted molar refractivity (Wildman–Crippen MR) is 105 cm³/mol. The molecule has 0 spiro atoms. The second-order valence-corrected chi connectivity index (χ2v) is 7.02. The van der Waals surface area contributed by atoms with Crippen molar-refractivity contribution >= 4 is 11.9 Å². The monoisotopic (exact) mass is 372 g/mol. The van der Waals surface area contributed by atoms with E-state index in [0.717, 1.165) is 27.8 Å². The van der Waals surface area contributed by atoms with Crippen molar-refractivity contribution in [3.8, 4) is 22.3 Å². The molecule has 0 N–H and O–H groups in total. The van der Waals surface area contributed by atoms with Crippen LogP contribution in [0.2, 0.25) is 0 Å². The molecule has 4 nitrogen and oxygen atoms in total. The average Bonchev–Trinajstić information content (AvgIpc) is 2.61. The molecule has 3 aromatic rings. The zero-order chi connectivity index (χ0) is 20.6. The minimum atomic E-state index is -1.54. The van der Waals surface area contributed by atoms with Gasteiger partial charge in [0.25, 0.3) is 0 Å². The summed E-state index contributed by atoms with van der Waals surface area (Å²) >= 11 is 0. The zero-order valence-electron chi connectivity index (χ0n) is 16.3. The van der Waals surface area contributed by atoms with Gasteiger partial charge in [0.05, 0.1) is 11.9 Å². The lowest BCUT2D eigenvalue weighted by atomic mass is 9.82. The normalized spacial score (nSPS) is 10.7. The number of carboxylic acid groups (broad SMARTS) is 2. The molecule has 0 unspecified atom stereocenters. The lowest BCUT2D eigenvalue weighted by Gasteiger charge is -2.24. The molecule has 0 saturated heterocycles. The molecule has 142 valence electrons. The highest BCUT2D eigenvalue weighted by Gasteiger charge is 2.22. The molecule has 4 heteroatoms. The molecule has 3 aromatic carbocycles. The van der Waals surface area contributed by atoms with Crippen molar-refractivity contribution in [2.75, 3.05) is 0 Å². The third-order valence-corrected chi connectivity index (χ3v) is 5.11. The summed E-state index contributed by atoms with van der Waals surface area (Å²) in [5, 5.41) is 23.8. The Morgan fingerprint density at radius 1 is 0.607 bits per heavy atom. The largest absolute Gasteiger partial charge is 0.545 e. The molecular weight excluding hydrogens is 352 g/mol. The Morgan fingerprint density at radius 2 is 1.07 bits per heavy atom. The molecule has 0 aromatic heterocycles. The highest BCUT2D eigenvalue weighted by atomic mass is 16.4. The van der Waals surface area contributed by atoms with Gasteiger partial charge in [0.1, 0.15) is 0 Å². The number of carboxylic acids is 2. The number of benzene rings is 3. The second kappa shape index (κ2) is 7.31. The van der Waals surface area contributed by atoms with E-state index in [1.54, 1.807) is 6.07 Å². The molecule has 0 aliphatic rings. The summed E-state index contributed by atoms with van der Waals surface area (Å²) in [6.45, 7) is 7.65. The summed E-state index contributed by atoms with van der Waals surface area (Å²) in [5.41, 5.74) is 5.51. The minimum absolute atomic E-state index is 0.349. The fourth-order valence-electron chi connectivity index (χ4n) is 3.90. The van der Waals surface area contributed by atoms with Gasteiger partial charge in [-0.15, -0.1) is 0 Å². The van der Waals surface area contributed by atoms with Crippen molar-refractivity contribution in [1.29, 1.82) is 0 Å². The summed E-state index contributed by atoms with van der Waals surface area (Å²) in [6.07, 6.45) is 0. The summed E-state index contributed by atoms with van der Waals surface area (Å²) in [5.74, 6) is -3.08. The quantitative estimate of drug-likeness (QED) is 0.705. The molecule has 0 heterocycles. The zero-order valence-corrected chi connectivity index (χ0v) is 16.3. The molecule has 0 saturated carbocycles. The Hall–Kier alpha value is -3.40. The van der Waals surface area contributed by atoms with E-state index in [1.165, 1.54) is 6.07 Å². The maximum atomic E-state index is 12.1. The molecule has 0 aliphatic carbocycles. The van der Waals surface area contributed by atoms with Gasteiger partial charge in [0.15, 0.2) is 0 Å². The van der Waals surface area contributed by atoms with Crippen LogP contribution in [0.3, 0.4) is 0 Å². The van der Waals surface area contributed by atoms with E-state index in [0.29, 0.717) is 16.7 Å². The topological polar surface area (TPSA) is 80.3 Å². The van der Waals surface area contributed by atoms with Gasteiger partial charge in [-0.3, -0.25) is 0 Å². The van der Waals surface area contributed by atoms with Gasteiger partial charge in [-0.2, -0.15) is 0 Å². The summed E-state index contributed by atoms with van der Waals surface area (Å²) in [7, 11) is 0. The van der Waals surface area contributed by atoms with Gasteiger partial charge >= 0.3 is 0 Å². The summed E-state index contributed by atoms with van der Waals surface area (Å²) < 4.78 is 0. The number of aromatic carboxylic acids is 2. The van der Waals surface area contributed by atoms with E-state index >= 15 is 0 Å². The first-order chi connectivity index (χ1) is 13.2. The highest BCUT2D eigenvalue weighted by Crippen LogP contribution is 2.41. The van der Waals surface area contributed by atoms with Gasteiger partial charge in [-0.05, 0) is 72.2 Å². The first-order valence-corrected chi connectivity index (χ1v) is 8.97. The maximum Gasteiger partial charge on any atom is 0.0728 e. The van der Waals surface area contributed by atoms with Gasteiger partial charge in [-0.25, -0.2) is 0 Å². The Bertz CT molecular complexity index is 1070. The first kappa shape index (κ1) is 19.4. The fraction of sp³-hybridized carbons (Fsp3) is 0.167. The number of carbonyl (C=O) groups excluding carboxylic acids is 2. The molecule has 0 bridgehead atoms. The van der Waals surface area contributed by atoms with E-state index < -0.39 is 11.9 Å².